The highest BCUT2D eigenvalue weighted by atomic mass is 19.4. The fourth-order valence-electron chi connectivity index (χ4n) is 2.88. The molecule has 0 saturated heterocycles. The molecule has 0 amide bonds. The summed E-state index contributed by atoms with van der Waals surface area (Å²) < 4.78 is 39.6. The van der Waals surface area contributed by atoms with Gasteiger partial charge in [0.05, 0.1) is 11.7 Å². The van der Waals surface area contributed by atoms with Crippen molar-refractivity contribution in [3.63, 3.8) is 0 Å². The summed E-state index contributed by atoms with van der Waals surface area (Å²) in [7, 11) is 0. The second kappa shape index (κ2) is 6.68. The largest absolute Gasteiger partial charge is 0.449 e. The molecule has 3 N–H and O–H groups in total. The molecule has 1 unspecified atom stereocenters. The topological polar surface area (TPSA) is 63.0 Å². The standard InChI is InChI=1S/C18H17F3N4/c19-18(20,21)17(23)25-15-9-5-4-8-13(15)11-24-14(16(25)22)10-12-6-2-1-3-7-12/h1-9,14,22-24H,10-11H2. The van der Waals surface area contributed by atoms with Gasteiger partial charge in [0.1, 0.15) is 5.84 Å². The number of nitrogens with zero attached hydrogens (tertiary/aromatic N) is 1. The van der Waals surface area contributed by atoms with Crippen LogP contribution in [0.1, 0.15) is 11.1 Å². The van der Waals surface area contributed by atoms with Crippen molar-refractivity contribution in [3.05, 3.63) is 65.7 Å². The fraction of sp³-hybridized carbons (Fsp3) is 0.222. The van der Waals surface area contributed by atoms with Crippen LogP contribution in [0.15, 0.2) is 54.6 Å². The van der Waals surface area contributed by atoms with Crippen LogP contribution in [0.4, 0.5) is 18.9 Å². The zero-order chi connectivity index (χ0) is 18.0. The second-order valence-electron chi connectivity index (χ2n) is 5.82. The van der Waals surface area contributed by atoms with Crippen LogP contribution in [-0.2, 0) is 13.0 Å². The molecule has 0 saturated carbocycles. The Morgan fingerprint density at radius 3 is 2.40 bits per heavy atom. The number of rotatable bonds is 2. The molecular formula is C18H17F3N4. The summed E-state index contributed by atoms with van der Waals surface area (Å²) >= 11 is 0. The van der Waals surface area contributed by atoms with Gasteiger partial charge in [0.2, 0.25) is 5.84 Å². The van der Waals surface area contributed by atoms with Crippen molar-refractivity contribution < 1.29 is 13.2 Å². The molecule has 0 aromatic heterocycles. The van der Waals surface area contributed by atoms with Crippen LogP contribution in [0.3, 0.4) is 0 Å². The normalized spacial score (nSPS) is 17.8. The molecule has 0 aliphatic carbocycles. The zero-order valence-corrected chi connectivity index (χ0v) is 13.3. The molecule has 4 nitrogen and oxygen atoms in total. The Kier molecular flexibility index (Phi) is 4.59. The van der Waals surface area contributed by atoms with Crippen molar-refractivity contribution in [2.24, 2.45) is 0 Å². The van der Waals surface area contributed by atoms with E-state index in [-0.39, 0.29) is 11.5 Å². The van der Waals surface area contributed by atoms with Crippen molar-refractivity contribution in [2.45, 2.75) is 25.2 Å². The molecule has 1 aliphatic heterocycles. The number of nitrogens with one attached hydrogen (secondary N) is 3. The van der Waals surface area contributed by atoms with Gasteiger partial charge in [-0.05, 0) is 23.6 Å². The minimum absolute atomic E-state index is 0.220. The monoisotopic (exact) mass is 346 g/mol. The molecule has 0 bridgehead atoms. The highest BCUT2D eigenvalue weighted by molar-refractivity contribution is 6.21. The van der Waals surface area contributed by atoms with Gasteiger partial charge in [-0.3, -0.25) is 15.7 Å². The maximum atomic E-state index is 13.2. The first-order chi connectivity index (χ1) is 11.9. The average Bonchev–Trinajstić information content (AvgIpc) is 2.72. The number of fused-ring (bicyclic) bond motifs is 1. The fourth-order valence-corrected chi connectivity index (χ4v) is 2.88. The van der Waals surface area contributed by atoms with Gasteiger partial charge in [-0.2, -0.15) is 13.2 Å². The van der Waals surface area contributed by atoms with E-state index in [1.54, 1.807) is 18.2 Å². The number of alkyl halides is 3. The molecule has 2 aromatic rings. The lowest BCUT2D eigenvalue weighted by molar-refractivity contribution is -0.0604. The average molecular weight is 346 g/mol. The van der Waals surface area contributed by atoms with Crippen LogP contribution >= 0.6 is 0 Å². The SMILES string of the molecule is N=C1C(Cc2ccccc2)NCc2ccccc2N1C(=N)C(F)(F)F. The number of halogens is 3. The quantitative estimate of drug-likeness (QED) is 0.573. The van der Waals surface area contributed by atoms with E-state index in [1.165, 1.54) is 6.07 Å². The van der Waals surface area contributed by atoms with Crippen molar-refractivity contribution in [3.8, 4) is 0 Å². The van der Waals surface area contributed by atoms with E-state index < -0.39 is 18.1 Å². The van der Waals surface area contributed by atoms with E-state index in [1.807, 2.05) is 30.3 Å². The summed E-state index contributed by atoms with van der Waals surface area (Å²) in [5.41, 5.74) is 1.75. The molecule has 0 radical (unpaired) electrons. The summed E-state index contributed by atoms with van der Waals surface area (Å²) in [4.78, 5) is 0.697. The molecule has 1 heterocycles. The highest BCUT2D eigenvalue weighted by Gasteiger charge is 2.43. The van der Waals surface area contributed by atoms with Gasteiger partial charge in [0, 0.05) is 6.54 Å². The Bertz CT molecular complexity index is 786. The van der Waals surface area contributed by atoms with E-state index in [2.05, 4.69) is 5.32 Å². The third-order valence-electron chi connectivity index (χ3n) is 4.12. The number of amidine groups is 2. The maximum Gasteiger partial charge on any atom is 0.449 e. The molecule has 0 spiro atoms. The summed E-state index contributed by atoms with van der Waals surface area (Å²) in [5.74, 6) is -1.83. The number of hydrogen-bond acceptors (Lipinski definition) is 3. The Morgan fingerprint density at radius 2 is 1.72 bits per heavy atom. The Hall–Kier alpha value is -2.67. The lowest BCUT2D eigenvalue weighted by Crippen LogP contribution is -2.51. The number of benzene rings is 2. The molecule has 130 valence electrons. The van der Waals surface area contributed by atoms with E-state index in [9.17, 15) is 13.2 Å². The summed E-state index contributed by atoms with van der Waals surface area (Å²) in [6.45, 7) is 0.331. The van der Waals surface area contributed by atoms with E-state index in [0.717, 1.165) is 5.56 Å². The van der Waals surface area contributed by atoms with E-state index in [4.69, 9.17) is 10.8 Å². The van der Waals surface area contributed by atoms with Crippen LogP contribution in [0, 0.1) is 10.8 Å². The van der Waals surface area contributed by atoms with Crippen LogP contribution < -0.4 is 10.2 Å². The minimum Gasteiger partial charge on any atom is -0.303 e. The van der Waals surface area contributed by atoms with Crippen molar-refractivity contribution in [2.75, 3.05) is 4.90 Å². The lowest BCUT2D eigenvalue weighted by atomic mass is 10.0. The third-order valence-corrected chi connectivity index (χ3v) is 4.12. The molecule has 2 aromatic carbocycles. The Labute approximate surface area is 143 Å². The van der Waals surface area contributed by atoms with Crippen LogP contribution in [0.2, 0.25) is 0 Å². The third kappa shape index (κ3) is 3.56. The van der Waals surface area contributed by atoms with Gasteiger partial charge in [-0.25, -0.2) is 0 Å². The predicted octanol–water partition coefficient (Wildman–Crippen LogP) is 3.72. The summed E-state index contributed by atoms with van der Waals surface area (Å²) in [5, 5.41) is 19.1. The second-order valence-corrected chi connectivity index (χ2v) is 5.82. The van der Waals surface area contributed by atoms with Crippen molar-refractivity contribution in [1.82, 2.24) is 5.32 Å². The first-order valence-corrected chi connectivity index (χ1v) is 7.77. The van der Waals surface area contributed by atoms with E-state index >= 15 is 0 Å². The van der Waals surface area contributed by atoms with Crippen LogP contribution in [0.25, 0.3) is 0 Å². The Morgan fingerprint density at radius 1 is 1.08 bits per heavy atom. The molecule has 7 heteroatoms. The molecule has 3 rings (SSSR count). The predicted molar refractivity (Wildman–Crippen MR) is 91.2 cm³/mol. The van der Waals surface area contributed by atoms with Crippen LogP contribution in [0.5, 0.6) is 0 Å². The minimum atomic E-state index is -4.83. The smallest absolute Gasteiger partial charge is 0.303 e. The zero-order valence-electron chi connectivity index (χ0n) is 13.3. The summed E-state index contributed by atoms with van der Waals surface area (Å²) in [6, 6.07) is 15.2. The summed E-state index contributed by atoms with van der Waals surface area (Å²) in [6.07, 6.45) is -4.46. The molecule has 1 atom stereocenters. The molecule has 25 heavy (non-hydrogen) atoms. The van der Waals surface area contributed by atoms with E-state index in [0.29, 0.717) is 23.4 Å². The first kappa shape index (κ1) is 17.2. The van der Waals surface area contributed by atoms with Crippen molar-refractivity contribution >= 4 is 17.4 Å². The number of anilines is 1. The highest BCUT2D eigenvalue weighted by Crippen LogP contribution is 2.30. The van der Waals surface area contributed by atoms with Gasteiger partial charge >= 0.3 is 6.18 Å². The molecular weight excluding hydrogens is 329 g/mol. The molecule has 1 aliphatic rings. The first-order valence-electron chi connectivity index (χ1n) is 7.77. The van der Waals surface area contributed by atoms with Gasteiger partial charge in [-0.1, -0.05) is 48.5 Å². The molecule has 0 fully saturated rings. The van der Waals surface area contributed by atoms with Crippen molar-refractivity contribution in [1.29, 1.82) is 10.8 Å². The van der Waals surface area contributed by atoms with Crippen LogP contribution in [-0.4, -0.2) is 23.9 Å². The lowest BCUT2D eigenvalue weighted by Gasteiger charge is -2.29. The van der Waals surface area contributed by atoms with Gasteiger partial charge in [-0.15, -0.1) is 0 Å². The van der Waals surface area contributed by atoms with Gasteiger partial charge < -0.3 is 5.32 Å². The maximum absolute atomic E-state index is 13.2. The number of hydrogen-bond donors (Lipinski definition) is 3. The van der Waals surface area contributed by atoms with Gasteiger partial charge in [0.15, 0.2) is 0 Å². The van der Waals surface area contributed by atoms with Gasteiger partial charge in [0.25, 0.3) is 0 Å². The number of para-hydroxylation sites is 1. The Balaban J connectivity index is 1.99.